The second kappa shape index (κ2) is 3.88. The Bertz CT molecular complexity index is 374. The normalized spacial score (nSPS) is 12.5. The van der Waals surface area contributed by atoms with Crippen molar-refractivity contribution in [2.45, 2.75) is 19.8 Å². The van der Waals surface area contributed by atoms with Gasteiger partial charge < -0.3 is 10.2 Å². The molecule has 0 aliphatic rings. The maximum absolute atomic E-state index is 10.7. The first-order valence-electron chi connectivity index (χ1n) is 4.16. The molecule has 1 atom stereocenters. The molecule has 0 spiro atoms. The van der Waals surface area contributed by atoms with Gasteiger partial charge in [0.1, 0.15) is 5.75 Å². The molecule has 14 heavy (non-hydrogen) atoms. The Hall–Kier alpha value is -1.22. The van der Waals surface area contributed by atoms with Crippen LogP contribution in [0, 0.1) is 6.92 Å². The largest absolute Gasteiger partial charge is 0.507 e. The molecule has 0 aliphatic heterocycles. The third-order valence-electron chi connectivity index (χ3n) is 2.23. The second-order valence-corrected chi connectivity index (χ2v) is 3.58. The van der Waals surface area contributed by atoms with Gasteiger partial charge in [0.05, 0.1) is 5.92 Å². The second-order valence-electron chi connectivity index (χ2n) is 3.17. The number of hydrogen-bond acceptors (Lipinski definition) is 2. The summed E-state index contributed by atoms with van der Waals surface area (Å²) in [4.78, 5) is 10.7. The maximum Gasteiger partial charge on any atom is 0.310 e. The van der Waals surface area contributed by atoms with Crippen LogP contribution in [0.25, 0.3) is 0 Å². The van der Waals surface area contributed by atoms with Crippen molar-refractivity contribution in [2.75, 3.05) is 0 Å². The van der Waals surface area contributed by atoms with Crippen molar-refractivity contribution in [2.24, 2.45) is 0 Å². The number of carboxylic acids is 1. The molecular formula is C10H11ClO3. The first-order chi connectivity index (χ1) is 6.45. The molecule has 3 nitrogen and oxygen atoms in total. The molecule has 0 bridgehead atoms. The lowest BCUT2D eigenvalue weighted by Gasteiger charge is -2.11. The molecule has 4 heteroatoms. The van der Waals surface area contributed by atoms with Crippen LogP contribution in [0.5, 0.6) is 5.75 Å². The van der Waals surface area contributed by atoms with Crippen LogP contribution in [-0.2, 0) is 4.79 Å². The average molecular weight is 215 g/mol. The summed E-state index contributed by atoms with van der Waals surface area (Å²) >= 11 is 5.76. The molecule has 2 N–H and O–H groups in total. The fourth-order valence-corrected chi connectivity index (χ4v) is 1.33. The average Bonchev–Trinajstić information content (AvgIpc) is 2.13. The van der Waals surface area contributed by atoms with Gasteiger partial charge in [0.15, 0.2) is 0 Å². The van der Waals surface area contributed by atoms with E-state index in [1.807, 2.05) is 0 Å². The third kappa shape index (κ3) is 1.82. The van der Waals surface area contributed by atoms with E-state index in [4.69, 9.17) is 16.7 Å². The van der Waals surface area contributed by atoms with Crippen molar-refractivity contribution < 1.29 is 15.0 Å². The Morgan fingerprint density at radius 3 is 2.57 bits per heavy atom. The summed E-state index contributed by atoms with van der Waals surface area (Å²) in [5.74, 6) is -1.74. The van der Waals surface area contributed by atoms with Crippen LogP contribution in [0.3, 0.4) is 0 Å². The zero-order valence-corrected chi connectivity index (χ0v) is 8.67. The molecule has 0 aliphatic carbocycles. The van der Waals surface area contributed by atoms with E-state index in [9.17, 15) is 9.90 Å². The summed E-state index contributed by atoms with van der Waals surface area (Å²) in [6.07, 6.45) is 0. The van der Waals surface area contributed by atoms with Gasteiger partial charge in [-0.3, -0.25) is 4.79 Å². The smallest absolute Gasteiger partial charge is 0.310 e. The maximum atomic E-state index is 10.7. The van der Waals surface area contributed by atoms with Crippen molar-refractivity contribution in [3.63, 3.8) is 0 Å². The lowest BCUT2D eigenvalue weighted by Crippen LogP contribution is -2.07. The van der Waals surface area contributed by atoms with E-state index in [2.05, 4.69) is 0 Å². The zero-order valence-electron chi connectivity index (χ0n) is 7.91. The van der Waals surface area contributed by atoms with Gasteiger partial charge in [-0.1, -0.05) is 17.7 Å². The minimum absolute atomic E-state index is 0.0348. The van der Waals surface area contributed by atoms with Crippen molar-refractivity contribution in [1.29, 1.82) is 0 Å². The van der Waals surface area contributed by atoms with E-state index in [0.717, 1.165) is 0 Å². The van der Waals surface area contributed by atoms with Gasteiger partial charge in [-0.05, 0) is 19.9 Å². The highest BCUT2D eigenvalue weighted by molar-refractivity contribution is 6.31. The number of carboxylic acid groups (broad SMARTS) is 1. The van der Waals surface area contributed by atoms with Gasteiger partial charge in [0.25, 0.3) is 0 Å². The molecule has 1 rings (SSSR count). The van der Waals surface area contributed by atoms with Crippen LogP contribution in [0.2, 0.25) is 5.02 Å². The molecule has 0 aromatic heterocycles. The molecule has 0 heterocycles. The number of benzene rings is 1. The Morgan fingerprint density at radius 2 is 2.07 bits per heavy atom. The molecule has 0 saturated carbocycles. The SMILES string of the molecule is Cc1c(Cl)ccc(C(C)C(=O)O)c1O. The minimum atomic E-state index is -0.970. The van der Waals surface area contributed by atoms with Crippen LogP contribution in [0.15, 0.2) is 12.1 Å². The number of aliphatic carboxylic acids is 1. The van der Waals surface area contributed by atoms with Crippen LogP contribution in [0.4, 0.5) is 0 Å². The first kappa shape index (κ1) is 10.9. The number of phenolic OH excluding ortho intramolecular Hbond substituents is 1. The molecule has 0 fully saturated rings. The third-order valence-corrected chi connectivity index (χ3v) is 2.64. The molecule has 0 radical (unpaired) electrons. The minimum Gasteiger partial charge on any atom is -0.507 e. The molecular weight excluding hydrogens is 204 g/mol. The number of carbonyl (C=O) groups is 1. The lowest BCUT2D eigenvalue weighted by atomic mass is 9.98. The molecule has 1 unspecified atom stereocenters. The molecule has 76 valence electrons. The summed E-state index contributed by atoms with van der Waals surface area (Å²) in [6, 6.07) is 3.12. The van der Waals surface area contributed by atoms with E-state index < -0.39 is 11.9 Å². The molecule has 0 saturated heterocycles. The van der Waals surface area contributed by atoms with E-state index in [0.29, 0.717) is 16.1 Å². The van der Waals surface area contributed by atoms with Crippen LogP contribution in [0.1, 0.15) is 24.0 Å². The highest BCUT2D eigenvalue weighted by Gasteiger charge is 2.19. The Morgan fingerprint density at radius 1 is 1.50 bits per heavy atom. The van der Waals surface area contributed by atoms with Crippen molar-refractivity contribution >= 4 is 17.6 Å². The van der Waals surface area contributed by atoms with Gasteiger partial charge >= 0.3 is 5.97 Å². The van der Waals surface area contributed by atoms with Crippen LogP contribution >= 0.6 is 11.6 Å². The number of hydrogen-bond donors (Lipinski definition) is 2. The van der Waals surface area contributed by atoms with E-state index in [1.165, 1.54) is 13.0 Å². The van der Waals surface area contributed by atoms with Gasteiger partial charge in [-0.25, -0.2) is 0 Å². The number of halogens is 1. The lowest BCUT2D eigenvalue weighted by molar-refractivity contribution is -0.138. The van der Waals surface area contributed by atoms with Crippen LogP contribution in [-0.4, -0.2) is 16.2 Å². The van der Waals surface area contributed by atoms with Crippen molar-refractivity contribution in [3.05, 3.63) is 28.3 Å². The number of phenols is 1. The zero-order chi connectivity index (χ0) is 10.9. The highest BCUT2D eigenvalue weighted by Crippen LogP contribution is 2.33. The summed E-state index contributed by atoms with van der Waals surface area (Å²) in [7, 11) is 0. The molecule has 1 aromatic rings. The molecule has 1 aromatic carbocycles. The Balaban J connectivity index is 3.24. The van der Waals surface area contributed by atoms with E-state index in [-0.39, 0.29) is 5.75 Å². The summed E-state index contributed by atoms with van der Waals surface area (Å²) in [6.45, 7) is 3.17. The van der Waals surface area contributed by atoms with Crippen molar-refractivity contribution in [1.82, 2.24) is 0 Å². The van der Waals surface area contributed by atoms with Gasteiger partial charge in [0, 0.05) is 16.1 Å². The Kier molecular flexibility index (Phi) is 3.01. The fourth-order valence-electron chi connectivity index (χ4n) is 1.18. The highest BCUT2D eigenvalue weighted by atomic mass is 35.5. The first-order valence-corrected chi connectivity index (χ1v) is 4.53. The van der Waals surface area contributed by atoms with Gasteiger partial charge in [-0.15, -0.1) is 0 Å². The fraction of sp³-hybridized carbons (Fsp3) is 0.300. The quantitative estimate of drug-likeness (QED) is 0.796. The Labute approximate surface area is 86.9 Å². The van der Waals surface area contributed by atoms with Gasteiger partial charge in [-0.2, -0.15) is 0 Å². The van der Waals surface area contributed by atoms with Gasteiger partial charge in [0.2, 0.25) is 0 Å². The summed E-state index contributed by atoms with van der Waals surface area (Å²) in [5.41, 5.74) is 0.900. The molecule has 0 amide bonds. The van der Waals surface area contributed by atoms with Crippen LogP contribution < -0.4 is 0 Å². The number of aromatic hydroxyl groups is 1. The predicted molar refractivity (Wildman–Crippen MR) is 53.9 cm³/mol. The van der Waals surface area contributed by atoms with Crippen molar-refractivity contribution in [3.8, 4) is 5.75 Å². The summed E-state index contributed by atoms with van der Waals surface area (Å²) < 4.78 is 0. The number of rotatable bonds is 2. The summed E-state index contributed by atoms with van der Waals surface area (Å²) in [5, 5.41) is 18.9. The standard InChI is InChI=1S/C10H11ClO3/c1-5(10(13)14)7-3-4-8(11)6(2)9(7)12/h3-5,12H,1-2H3,(H,13,14). The predicted octanol–water partition coefficient (Wildman–Crippen LogP) is 2.54. The monoisotopic (exact) mass is 214 g/mol. The van der Waals surface area contributed by atoms with E-state index >= 15 is 0 Å². The topological polar surface area (TPSA) is 57.5 Å². The van der Waals surface area contributed by atoms with E-state index in [1.54, 1.807) is 13.0 Å².